The van der Waals surface area contributed by atoms with E-state index in [9.17, 15) is 0 Å². The Bertz CT molecular complexity index is 2310. The molecule has 0 saturated carbocycles. The summed E-state index contributed by atoms with van der Waals surface area (Å²) in [5.74, 6) is 0. The van der Waals surface area contributed by atoms with E-state index in [-0.39, 0.29) is 5.41 Å². The second-order valence-electron chi connectivity index (χ2n) is 12.1. The molecule has 0 atom stereocenters. The molecule has 0 saturated heterocycles. The number of furan rings is 1. The van der Waals surface area contributed by atoms with Gasteiger partial charge in [-0.25, -0.2) is 0 Å². The van der Waals surface area contributed by atoms with Crippen LogP contribution in [0.3, 0.4) is 0 Å². The van der Waals surface area contributed by atoms with Crippen LogP contribution in [0.25, 0.3) is 76.9 Å². The van der Waals surface area contributed by atoms with E-state index in [2.05, 4.69) is 141 Å². The Kier molecular flexibility index (Phi) is 4.73. The molecular formula is C41H28O. The molecule has 1 heteroatoms. The van der Waals surface area contributed by atoms with Crippen molar-refractivity contribution in [3.63, 3.8) is 0 Å². The summed E-state index contributed by atoms with van der Waals surface area (Å²) in [4.78, 5) is 0. The third kappa shape index (κ3) is 3.14. The molecule has 1 aromatic heterocycles. The molecule has 0 radical (unpaired) electrons. The molecule has 0 fully saturated rings. The third-order valence-corrected chi connectivity index (χ3v) is 9.46. The Morgan fingerprint density at radius 1 is 0.405 bits per heavy atom. The molecule has 1 aliphatic rings. The van der Waals surface area contributed by atoms with Gasteiger partial charge < -0.3 is 4.42 Å². The highest BCUT2D eigenvalue weighted by Crippen LogP contribution is 2.53. The van der Waals surface area contributed by atoms with Crippen molar-refractivity contribution in [2.75, 3.05) is 0 Å². The second-order valence-corrected chi connectivity index (χ2v) is 12.1. The number of hydrogen-bond donors (Lipinski definition) is 0. The fourth-order valence-corrected chi connectivity index (χ4v) is 7.46. The quantitative estimate of drug-likeness (QED) is 0.200. The second kappa shape index (κ2) is 8.44. The largest absolute Gasteiger partial charge is 0.456 e. The molecule has 8 aromatic rings. The summed E-state index contributed by atoms with van der Waals surface area (Å²) >= 11 is 0. The zero-order valence-electron chi connectivity index (χ0n) is 23.6. The summed E-state index contributed by atoms with van der Waals surface area (Å²) in [6.07, 6.45) is 0. The molecule has 42 heavy (non-hydrogen) atoms. The molecule has 0 bridgehead atoms. The minimum atomic E-state index is -0.136. The highest BCUT2D eigenvalue weighted by atomic mass is 16.3. The highest BCUT2D eigenvalue weighted by molar-refractivity contribution is 6.21. The van der Waals surface area contributed by atoms with Crippen LogP contribution in [0.4, 0.5) is 0 Å². The molecule has 0 spiro atoms. The van der Waals surface area contributed by atoms with E-state index in [1.54, 1.807) is 0 Å². The van der Waals surface area contributed by atoms with Crippen molar-refractivity contribution in [1.29, 1.82) is 0 Å². The maximum absolute atomic E-state index is 6.30. The third-order valence-electron chi connectivity index (χ3n) is 9.46. The fraction of sp³-hybridized carbons (Fsp3) is 0.0732. The van der Waals surface area contributed by atoms with Crippen molar-refractivity contribution in [2.24, 2.45) is 0 Å². The van der Waals surface area contributed by atoms with Crippen LogP contribution in [0.1, 0.15) is 25.0 Å². The van der Waals surface area contributed by atoms with Gasteiger partial charge in [0.25, 0.3) is 0 Å². The fourth-order valence-electron chi connectivity index (χ4n) is 7.46. The zero-order valence-corrected chi connectivity index (χ0v) is 23.6. The van der Waals surface area contributed by atoms with Gasteiger partial charge in [-0.1, -0.05) is 123 Å². The van der Waals surface area contributed by atoms with E-state index < -0.39 is 0 Å². The van der Waals surface area contributed by atoms with E-state index in [4.69, 9.17) is 4.42 Å². The minimum absolute atomic E-state index is 0.136. The predicted molar refractivity (Wildman–Crippen MR) is 177 cm³/mol. The summed E-state index contributed by atoms with van der Waals surface area (Å²) in [6.45, 7) is 4.73. The first-order valence-corrected chi connectivity index (χ1v) is 14.7. The Labute approximate surface area is 244 Å². The van der Waals surface area contributed by atoms with Gasteiger partial charge >= 0.3 is 0 Å². The monoisotopic (exact) mass is 536 g/mol. The lowest BCUT2D eigenvalue weighted by atomic mass is 9.80. The maximum Gasteiger partial charge on any atom is 0.136 e. The van der Waals surface area contributed by atoms with Crippen LogP contribution in [-0.2, 0) is 5.41 Å². The molecule has 1 aliphatic carbocycles. The molecule has 0 unspecified atom stereocenters. The van der Waals surface area contributed by atoms with E-state index >= 15 is 0 Å². The molecular weight excluding hydrogens is 508 g/mol. The summed E-state index contributed by atoms with van der Waals surface area (Å²) in [5, 5.41) is 7.51. The number of rotatable bonds is 2. The van der Waals surface area contributed by atoms with Crippen molar-refractivity contribution in [3.8, 4) is 33.4 Å². The molecule has 1 heterocycles. The van der Waals surface area contributed by atoms with Crippen molar-refractivity contribution in [2.45, 2.75) is 19.3 Å². The first-order valence-electron chi connectivity index (χ1n) is 14.7. The van der Waals surface area contributed by atoms with E-state index in [1.807, 2.05) is 6.07 Å². The van der Waals surface area contributed by atoms with Gasteiger partial charge in [-0.3, -0.25) is 0 Å². The topological polar surface area (TPSA) is 13.1 Å². The van der Waals surface area contributed by atoms with Gasteiger partial charge in [0, 0.05) is 16.2 Å². The lowest BCUT2D eigenvalue weighted by Crippen LogP contribution is -2.15. The van der Waals surface area contributed by atoms with E-state index in [1.165, 1.54) is 76.8 Å². The molecule has 9 rings (SSSR count). The Balaban J connectivity index is 1.31. The van der Waals surface area contributed by atoms with Gasteiger partial charge in [0.1, 0.15) is 11.2 Å². The Morgan fingerprint density at radius 3 is 1.62 bits per heavy atom. The molecule has 7 aromatic carbocycles. The lowest BCUT2D eigenvalue weighted by molar-refractivity contribution is 0.658. The summed E-state index contributed by atoms with van der Waals surface area (Å²) in [6, 6.07) is 48.7. The summed E-state index contributed by atoms with van der Waals surface area (Å²) < 4.78 is 6.30. The molecule has 1 nitrogen and oxygen atoms in total. The van der Waals surface area contributed by atoms with Gasteiger partial charge in [-0.15, -0.1) is 0 Å². The molecule has 0 amide bonds. The Morgan fingerprint density at radius 2 is 0.952 bits per heavy atom. The zero-order chi connectivity index (χ0) is 28.0. The average Bonchev–Trinajstić information content (AvgIpc) is 3.50. The van der Waals surface area contributed by atoms with Crippen molar-refractivity contribution in [1.82, 2.24) is 0 Å². The smallest absolute Gasteiger partial charge is 0.136 e. The van der Waals surface area contributed by atoms with Crippen LogP contribution < -0.4 is 0 Å². The Hall–Kier alpha value is -5.14. The maximum atomic E-state index is 6.30. The number of hydrogen-bond acceptors (Lipinski definition) is 1. The summed E-state index contributed by atoms with van der Waals surface area (Å²) in [7, 11) is 0. The van der Waals surface area contributed by atoms with E-state index in [0.29, 0.717) is 0 Å². The number of benzene rings is 7. The number of fused-ring (bicyclic) bond motifs is 8. The van der Waals surface area contributed by atoms with Gasteiger partial charge in [-0.2, -0.15) is 0 Å². The SMILES string of the molecule is CC1(C)c2cc(-c3c4ccccc4c(-c4ccccc4)c4ccccc34)ccc2-c2cc3oc4ccccc4c3cc21. The normalized spacial score (nSPS) is 13.7. The van der Waals surface area contributed by atoms with Crippen molar-refractivity contribution >= 4 is 43.5 Å². The minimum Gasteiger partial charge on any atom is -0.456 e. The average molecular weight is 537 g/mol. The van der Waals surface area contributed by atoms with Crippen LogP contribution in [0, 0.1) is 0 Å². The number of para-hydroxylation sites is 1. The highest BCUT2D eigenvalue weighted by Gasteiger charge is 2.36. The van der Waals surface area contributed by atoms with Gasteiger partial charge in [-0.05, 0) is 90.3 Å². The van der Waals surface area contributed by atoms with Crippen molar-refractivity contribution < 1.29 is 4.42 Å². The van der Waals surface area contributed by atoms with Gasteiger partial charge in [0.2, 0.25) is 0 Å². The first kappa shape index (κ1) is 23.6. The van der Waals surface area contributed by atoms with Crippen LogP contribution >= 0.6 is 0 Å². The van der Waals surface area contributed by atoms with Crippen LogP contribution in [0.2, 0.25) is 0 Å². The lowest BCUT2D eigenvalue weighted by Gasteiger charge is -2.23. The first-order chi connectivity index (χ1) is 20.6. The summed E-state index contributed by atoms with van der Waals surface area (Å²) in [5.41, 5.74) is 12.2. The standard InChI is InChI=1S/C41H28O/c1-41(2)35-22-26(20-21-27(35)33-24-38-34(23-36(33)41)28-14-10-11-19-37(28)42-38)40-31-17-8-6-15-29(31)39(25-12-4-3-5-13-25)30-16-7-9-18-32(30)40/h3-24H,1-2H3. The van der Waals surface area contributed by atoms with E-state index in [0.717, 1.165) is 11.2 Å². The molecule has 198 valence electrons. The predicted octanol–water partition coefficient (Wildman–Crippen LogP) is 11.5. The molecule has 0 aliphatic heterocycles. The van der Waals surface area contributed by atoms with Crippen LogP contribution in [0.15, 0.2) is 138 Å². The van der Waals surface area contributed by atoms with Crippen LogP contribution in [0.5, 0.6) is 0 Å². The van der Waals surface area contributed by atoms with Gasteiger partial charge in [0.15, 0.2) is 0 Å². The van der Waals surface area contributed by atoms with Gasteiger partial charge in [0.05, 0.1) is 0 Å². The van der Waals surface area contributed by atoms with Crippen molar-refractivity contribution in [3.05, 3.63) is 145 Å². The van der Waals surface area contributed by atoms with Crippen LogP contribution in [-0.4, -0.2) is 0 Å². The molecule has 0 N–H and O–H groups in total.